The van der Waals surface area contributed by atoms with Gasteiger partial charge >= 0.3 is 0 Å². The molecule has 0 fully saturated rings. The number of rotatable bonds is 6. The molecule has 1 rings (SSSR count). The Labute approximate surface area is 118 Å². The summed E-state index contributed by atoms with van der Waals surface area (Å²) in [5, 5.41) is 8.55. The van der Waals surface area contributed by atoms with E-state index < -0.39 is 0 Å². The first-order valence-corrected chi connectivity index (χ1v) is 6.51. The number of hydrogen-bond donors (Lipinski definition) is 2. The summed E-state index contributed by atoms with van der Waals surface area (Å²) in [4.78, 5) is 0. The maximum atomic E-state index is 7.46. The van der Waals surface area contributed by atoms with Gasteiger partial charge in [0.2, 0.25) is 0 Å². The van der Waals surface area contributed by atoms with Crippen LogP contribution in [0, 0.1) is 10.8 Å². The molecule has 0 heterocycles. The number of benzene rings is 1. The molecule has 0 spiro atoms. The third-order valence-electron chi connectivity index (χ3n) is 2.83. The summed E-state index contributed by atoms with van der Waals surface area (Å²) in [7, 11) is 0. The lowest BCUT2D eigenvalue weighted by atomic mass is 9.87. The summed E-state index contributed by atoms with van der Waals surface area (Å²) in [6.07, 6.45) is 1.61. The van der Waals surface area contributed by atoms with Gasteiger partial charge in [-0.2, -0.15) is 0 Å². The van der Waals surface area contributed by atoms with Gasteiger partial charge in [0.15, 0.2) is 0 Å². The quantitative estimate of drug-likeness (QED) is 0.470. The standard InChI is InChI=1S/C13H18Cl2N2O/c1-13(2,12(16)17)6-3-7-18-11-5-4-9(14)8-10(11)15/h4-5,8H,3,6-7H2,1-2H3,(H3,16,17). The molecule has 0 aromatic heterocycles. The number of ether oxygens (including phenoxy) is 1. The van der Waals surface area contributed by atoms with Gasteiger partial charge in [0.1, 0.15) is 5.75 Å². The van der Waals surface area contributed by atoms with E-state index in [0.717, 1.165) is 12.8 Å². The molecule has 100 valence electrons. The minimum atomic E-state index is -0.285. The van der Waals surface area contributed by atoms with Crippen molar-refractivity contribution in [3.63, 3.8) is 0 Å². The molecule has 3 nitrogen and oxygen atoms in total. The minimum Gasteiger partial charge on any atom is -0.492 e. The van der Waals surface area contributed by atoms with Crippen molar-refractivity contribution < 1.29 is 4.74 Å². The molecule has 0 saturated heterocycles. The Morgan fingerprint density at radius 3 is 2.61 bits per heavy atom. The van der Waals surface area contributed by atoms with Crippen LogP contribution in [0.2, 0.25) is 10.0 Å². The molecule has 0 bridgehead atoms. The van der Waals surface area contributed by atoms with Gasteiger partial charge < -0.3 is 10.5 Å². The molecule has 0 amide bonds. The van der Waals surface area contributed by atoms with Crippen LogP contribution in [0.3, 0.4) is 0 Å². The van der Waals surface area contributed by atoms with Gasteiger partial charge in [-0.1, -0.05) is 37.0 Å². The van der Waals surface area contributed by atoms with Gasteiger partial charge in [0.05, 0.1) is 17.5 Å². The van der Waals surface area contributed by atoms with Crippen LogP contribution < -0.4 is 10.5 Å². The summed E-state index contributed by atoms with van der Waals surface area (Å²) in [6.45, 7) is 4.44. The van der Waals surface area contributed by atoms with Crippen LogP contribution in [-0.4, -0.2) is 12.4 Å². The lowest BCUT2D eigenvalue weighted by molar-refractivity contribution is 0.287. The van der Waals surface area contributed by atoms with Gasteiger partial charge in [0, 0.05) is 10.4 Å². The SMILES string of the molecule is CC(C)(CCCOc1ccc(Cl)cc1Cl)C(=N)N. The van der Waals surface area contributed by atoms with Gasteiger partial charge in [-0.05, 0) is 31.0 Å². The Balaban J connectivity index is 2.41. The summed E-state index contributed by atoms with van der Waals surface area (Å²) in [6, 6.07) is 5.14. The van der Waals surface area contributed by atoms with Crippen LogP contribution in [0.25, 0.3) is 0 Å². The fraction of sp³-hybridized carbons (Fsp3) is 0.462. The lowest BCUT2D eigenvalue weighted by Gasteiger charge is -2.22. The zero-order valence-electron chi connectivity index (χ0n) is 10.6. The van der Waals surface area contributed by atoms with E-state index in [1.807, 2.05) is 13.8 Å². The molecule has 0 atom stereocenters. The molecule has 5 heteroatoms. The number of nitrogens with one attached hydrogen (secondary N) is 1. The molecule has 0 aliphatic heterocycles. The largest absolute Gasteiger partial charge is 0.492 e. The van der Waals surface area contributed by atoms with Crippen molar-refractivity contribution in [3.8, 4) is 5.75 Å². The van der Waals surface area contributed by atoms with Crippen molar-refractivity contribution in [1.82, 2.24) is 0 Å². The Morgan fingerprint density at radius 2 is 2.06 bits per heavy atom. The highest BCUT2D eigenvalue weighted by Gasteiger charge is 2.20. The smallest absolute Gasteiger partial charge is 0.137 e. The Morgan fingerprint density at radius 1 is 1.39 bits per heavy atom. The molecular formula is C13H18Cl2N2O. The first kappa shape index (κ1) is 15.1. The van der Waals surface area contributed by atoms with Crippen LogP contribution in [-0.2, 0) is 0 Å². The Bertz CT molecular complexity index is 433. The van der Waals surface area contributed by atoms with E-state index in [1.165, 1.54) is 0 Å². The van der Waals surface area contributed by atoms with E-state index in [1.54, 1.807) is 18.2 Å². The predicted molar refractivity (Wildman–Crippen MR) is 76.9 cm³/mol. The maximum absolute atomic E-state index is 7.46. The Kier molecular flexibility index (Phi) is 5.29. The van der Waals surface area contributed by atoms with Crippen LogP contribution in [0.1, 0.15) is 26.7 Å². The van der Waals surface area contributed by atoms with Crippen molar-refractivity contribution >= 4 is 29.0 Å². The minimum absolute atomic E-state index is 0.201. The van der Waals surface area contributed by atoms with Gasteiger partial charge in [-0.3, -0.25) is 5.41 Å². The van der Waals surface area contributed by atoms with E-state index in [9.17, 15) is 0 Å². The summed E-state index contributed by atoms with van der Waals surface area (Å²) in [5.74, 6) is 0.828. The summed E-state index contributed by atoms with van der Waals surface area (Å²) >= 11 is 11.8. The first-order valence-electron chi connectivity index (χ1n) is 5.75. The van der Waals surface area contributed by atoms with Crippen molar-refractivity contribution in [3.05, 3.63) is 28.2 Å². The lowest BCUT2D eigenvalue weighted by Crippen LogP contribution is -2.31. The zero-order valence-corrected chi connectivity index (χ0v) is 12.1. The zero-order chi connectivity index (χ0) is 13.8. The maximum Gasteiger partial charge on any atom is 0.137 e. The van der Waals surface area contributed by atoms with Crippen molar-refractivity contribution in [2.24, 2.45) is 11.1 Å². The molecule has 0 aliphatic rings. The molecule has 18 heavy (non-hydrogen) atoms. The molecule has 0 aliphatic carbocycles. The van der Waals surface area contributed by atoms with Crippen LogP contribution in [0.15, 0.2) is 18.2 Å². The summed E-state index contributed by atoms with van der Waals surface area (Å²) < 4.78 is 5.57. The van der Waals surface area contributed by atoms with Crippen LogP contribution in [0.4, 0.5) is 0 Å². The Hall–Kier alpha value is -0.930. The molecule has 0 saturated carbocycles. The van der Waals surface area contributed by atoms with E-state index in [0.29, 0.717) is 22.4 Å². The van der Waals surface area contributed by atoms with E-state index >= 15 is 0 Å². The highest BCUT2D eigenvalue weighted by Crippen LogP contribution is 2.28. The molecule has 0 radical (unpaired) electrons. The van der Waals surface area contributed by atoms with E-state index in [2.05, 4.69) is 0 Å². The second kappa shape index (κ2) is 6.30. The van der Waals surface area contributed by atoms with Gasteiger partial charge in [0.25, 0.3) is 0 Å². The monoisotopic (exact) mass is 288 g/mol. The van der Waals surface area contributed by atoms with Crippen molar-refractivity contribution in [1.29, 1.82) is 5.41 Å². The highest BCUT2D eigenvalue weighted by atomic mass is 35.5. The second-order valence-electron chi connectivity index (χ2n) is 4.82. The van der Waals surface area contributed by atoms with Gasteiger partial charge in [-0.15, -0.1) is 0 Å². The average molecular weight is 289 g/mol. The molecule has 1 aromatic carbocycles. The highest BCUT2D eigenvalue weighted by molar-refractivity contribution is 6.35. The third-order valence-corrected chi connectivity index (χ3v) is 3.36. The van der Waals surface area contributed by atoms with Crippen LogP contribution in [0.5, 0.6) is 5.75 Å². The normalized spacial score (nSPS) is 11.3. The average Bonchev–Trinajstić information content (AvgIpc) is 2.26. The van der Waals surface area contributed by atoms with Crippen LogP contribution >= 0.6 is 23.2 Å². The topological polar surface area (TPSA) is 59.1 Å². The number of hydrogen-bond acceptors (Lipinski definition) is 2. The molecule has 3 N–H and O–H groups in total. The molecular weight excluding hydrogens is 271 g/mol. The number of halogens is 2. The number of amidine groups is 1. The van der Waals surface area contributed by atoms with E-state index in [4.69, 9.17) is 39.1 Å². The third kappa shape index (κ3) is 4.39. The predicted octanol–water partition coefficient (Wildman–Crippen LogP) is 4.11. The number of nitrogens with two attached hydrogens (primary N) is 1. The fourth-order valence-electron chi connectivity index (χ4n) is 1.42. The fourth-order valence-corrected chi connectivity index (χ4v) is 1.89. The molecule has 1 aromatic rings. The van der Waals surface area contributed by atoms with Crippen molar-refractivity contribution in [2.45, 2.75) is 26.7 Å². The van der Waals surface area contributed by atoms with E-state index in [-0.39, 0.29) is 11.3 Å². The second-order valence-corrected chi connectivity index (χ2v) is 5.67. The van der Waals surface area contributed by atoms with Crippen molar-refractivity contribution in [2.75, 3.05) is 6.61 Å². The molecule has 0 unspecified atom stereocenters. The first-order chi connectivity index (χ1) is 8.33. The van der Waals surface area contributed by atoms with Gasteiger partial charge in [-0.25, -0.2) is 0 Å². The summed E-state index contributed by atoms with van der Waals surface area (Å²) in [5.41, 5.74) is 5.23.